The van der Waals surface area contributed by atoms with E-state index in [0.717, 1.165) is 26.7 Å². The van der Waals surface area contributed by atoms with Crippen LogP contribution in [0.25, 0.3) is 16.6 Å². The molecule has 0 bridgehead atoms. The van der Waals surface area contributed by atoms with E-state index in [2.05, 4.69) is 21.2 Å². The Morgan fingerprint density at radius 2 is 2.06 bits per heavy atom. The minimum absolute atomic E-state index is 0.0318. The van der Waals surface area contributed by atoms with Gasteiger partial charge in [0.1, 0.15) is 0 Å². The lowest BCUT2D eigenvalue weighted by atomic mass is 10.0. The third-order valence-corrected chi connectivity index (χ3v) is 6.53. The highest BCUT2D eigenvalue weighted by atomic mass is 79.9. The van der Waals surface area contributed by atoms with Crippen LogP contribution in [-0.4, -0.2) is 39.0 Å². The summed E-state index contributed by atoms with van der Waals surface area (Å²) in [7, 11) is 0. The number of rotatable bonds is 5. The van der Waals surface area contributed by atoms with Crippen molar-refractivity contribution in [2.75, 3.05) is 6.54 Å². The van der Waals surface area contributed by atoms with Crippen LogP contribution in [0.2, 0.25) is 0 Å². The van der Waals surface area contributed by atoms with Crippen molar-refractivity contribution in [3.63, 3.8) is 0 Å². The van der Waals surface area contributed by atoms with Gasteiger partial charge in [0.15, 0.2) is 0 Å². The van der Waals surface area contributed by atoms with Crippen LogP contribution in [0, 0.1) is 6.92 Å². The number of carboxylic acid groups (broad SMARTS) is 1. The molecule has 0 spiro atoms. The number of hydrogen-bond donors (Lipinski definition) is 2. The Balaban J connectivity index is 1.63. The van der Waals surface area contributed by atoms with E-state index in [1.54, 1.807) is 12.3 Å². The lowest BCUT2D eigenvalue weighted by Crippen LogP contribution is -2.41. The molecule has 0 saturated carbocycles. The molecule has 4 rings (SSSR count). The van der Waals surface area contributed by atoms with Crippen LogP contribution in [-0.2, 0) is 11.3 Å². The second kappa shape index (κ2) is 8.55. The van der Waals surface area contributed by atoms with Gasteiger partial charge in [0.25, 0.3) is 5.56 Å². The Labute approximate surface area is 187 Å². The van der Waals surface area contributed by atoms with Gasteiger partial charge in [0, 0.05) is 40.8 Å². The molecule has 1 aliphatic heterocycles. The Morgan fingerprint density at radius 1 is 1.26 bits per heavy atom. The zero-order valence-electron chi connectivity index (χ0n) is 17.0. The van der Waals surface area contributed by atoms with Gasteiger partial charge in [-0.05, 0) is 60.4 Å². The average Bonchev–Trinajstić information content (AvgIpc) is 3.15. The molecule has 8 heteroatoms. The standard InChI is InChI=1S/C23H22BrN3O4/c1-14-19(3-2-4-20(14)24)15-9-10-27-18(11-15)7-5-16(22(27)29)12-26(23(30)31)13-17-6-8-21(28)25-17/h2-5,7,9-11,17H,6,8,12-13H2,1H3,(H,25,28)(H,30,31). The molecule has 1 unspecified atom stereocenters. The van der Waals surface area contributed by atoms with Gasteiger partial charge in [-0.1, -0.05) is 28.1 Å². The fourth-order valence-corrected chi connectivity index (χ4v) is 4.31. The lowest BCUT2D eigenvalue weighted by Gasteiger charge is -2.22. The number of pyridine rings is 2. The maximum Gasteiger partial charge on any atom is 0.407 e. The molecule has 31 heavy (non-hydrogen) atoms. The summed E-state index contributed by atoms with van der Waals surface area (Å²) < 4.78 is 2.55. The molecule has 1 fully saturated rings. The van der Waals surface area contributed by atoms with E-state index in [1.165, 1.54) is 9.30 Å². The predicted molar refractivity (Wildman–Crippen MR) is 121 cm³/mol. The molecule has 1 atom stereocenters. The molecule has 2 aromatic heterocycles. The molecular formula is C23H22BrN3O4. The zero-order chi connectivity index (χ0) is 22.1. The molecule has 160 valence electrons. The topological polar surface area (TPSA) is 91.1 Å². The largest absolute Gasteiger partial charge is 0.465 e. The molecule has 3 heterocycles. The number of halogens is 1. The van der Waals surface area contributed by atoms with Crippen LogP contribution in [0.1, 0.15) is 24.0 Å². The van der Waals surface area contributed by atoms with Gasteiger partial charge in [0.2, 0.25) is 5.91 Å². The van der Waals surface area contributed by atoms with Gasteiger partial charge in [-0.15, -0.1) is 0 Å². The summed E-state index contributed by atoms with van der Waals surface area (Å²) >= 11 is 3.55. The number of fused-ring (bicyclic) bond motifs is 1. The highest BCUT2D eigenvalue weighted by molar-refractivity contribution is 9.10. The van der Waals surface area contributed by atoms with E-state index in [9.17, 15) is 19.5 Å². The maximum absolute atomic E-state index is 13.0. The summed E-state index contributed by atoms with van der Waals surface area (Å²) in [6.45, 7) is 2.16. The van der Waals surface area contributed by atoms with E-state index in [4.69, 9.17) is 0 Å². The number of benzene rings is 1. The zero-order valence-corrected chi connectivity index (χ0v) is 18.6. The molecule has 1 saturated heterocycles. The molecule has 2 amide bonds. The molecule has 7 nitrogen and oxygen atoms in total. The minimum Gasteiger partial charge on any atom is -0.465 e. The second-order valence-corrected chi connectivity index (χ2v) is 8.61. The highest BCUT2D eigenvalue weighted by Gasteiger charge is 2.25. The summed E-state index contributed by atoms with van der Waals surface area (Å²) in [6, 6.07) is 13.1. The number of carbonyl (C=O) groups excluding carboxylic acids is 1. The van der Waals surface area contributed by atoms with Crippen LogP contribution in [0.15, 0.2) is 57.9 Å². The minimum atomic E-state index is -1.12. The van der Waals surface area contributed by atoms with Gasteiger partial charge < -0.3 is 15.3 Å². The Morgan fingerprint density at radius 3 is 2.77 bits per heavy atom. The fourth-order valence-electron chi connectivity index (χ4n) is 3.95. The maximum atomic E-state index is 13.0. The number of nitrogens with one attached hydrogen (secondary N) is 1. The first kappa shape index (κ1) is 21.1. The third-order valence-electron chi connectivity index (χ3n) is 5.67. The highest BCUT2D eigenvalue weighted by Crippen LogP contribution is 2.29. The van der Waals surface area contributed by atoms with Crippen molar-refractivity contribution in [3.8, 4) is 11.1 Å². The van der Waals surface area contributed by atoms with Gasteiger partial charge in [-0.3, -0.25) is 14.0 Å². The Bertz CT molecular complexity index is 1240. The Kier molecular flexibility index (Phi) is 5.82. The smallest absolute Gasteiger partial charge is 0.407 e. The van der Waals surface area contributed by atoms with E-state index in [-0.39, 0.29) is 30.6 Å². The lowest BCUT2D eigenvalue weighted by molar-refractivity contribution is -0.119. The molecular weight excluding hydrogens is 462 g/mol. The van der Waals surface area contributed by atoms with Crippen LogP contribution in [0.4, 0.5) is 4.79 Å². The first-order valence-electron chi connectivity index (χ1n) is 10.0. The number of amides is 2. The molecule has 0 aliphatic carbocycles. The molecule has 1 aromatic carbocycles. The van der Waals surface area contributed by atoms with Crippen LogP contribution in [0.3, 0.4) is 0 Å². The molecule has 0 radical (unpaired) electrons. The van der Waals surface area contributed by atoms with Crippen molar-refractivity contribution < 1.29 is 14.7 Å². The normalized spacial score (nSPS) is 15.8. The van der Waals surface area contributed by atoms with E-state index in [0.29, 0.717) is 18.4 Å². The molecule has 3 aromatic rings. The number of nitrogens with zero attached hydrogens (tertiary/aromatic N) is 2. The molecule has 1 aliphatic rings. The van der Waals surface area contributed by atoms with Crippen LogP contribution in [0.5, 0.6) is 0 Å². The summed E-state index contributed by atoms with van der Waals surface area (Å²) in [5.74, 6) is -0.0717. The van der Waals surface area contributed by atoms with Crippen molar-refractivity contribution in [2.24, 2.45) is 0 Å². The van der Waals surface area contributed by atoms with Crippen LogP contribution < -0.4 is 10.9 Å². The quantitative estimate of drug-likeness (QED) is 0.577. The third kappa shape index (κ3) is 4.34. The SMILES string of the molecule is Cc1c(Br)cccc1-c1ccn2c(=O)c(CN(CC3CCC(=O)N3)C(=O)O)ccc2c1. The van der Waals surface area contributed by atoms with Gasteiger partial charge in [-0.25, -0.2) is 4.79 Å². The summed E-state index contributed by atoms with van der Waals surface area (Å²) in [6.07, 6.45) is 1.60. The van der Waals surface area contributed by atoms with Crippen molar-refractivity contribution in [1.29, 1.82) is 0 Å². The average molecular weight is 484 g/mol. The summed E-state index contributed by atoms with van der Waals surface area (Å²) in [4.78, 5) is 37.3. The Hall–Kier alpha value is -3.13. The number of hydrogen-bond acceptors (Lipinski definition) is 3. The van der Waals surface area contributed by atoms with E-state index in [1.807, 2.05) is 43.3 Å². The molecule has 2 N–H and O–H groups in total. The number of carbonyl (C=O) groups is 2. The van der Waals surface area contributed by atoms with Crippen molar-refractivity contribution >= 4 is 33.4 Å². The summed E-state index contributed by atoms with van der Waals surface area (Å²) in [5.41, 5.74) is 4.05. The second-order valence-electron chi connectivity index (χ2n) is 7.75. The van der Waals surface area contributed by atoms with Crippen LogP contribution >= 0.6 is 15.9 Å². The van der Waals surface area contributed by atoms with Crippen molar-refractivity contribution in [1.82, 2.24) is 14.6 Å². The van der Waals surface area contributed by atoms with Crippen molar-refractivity contribution in [2.45, 2.75) is 32.4 Å². The van der Waals surface area contributed by atoms with Gasteiger partial charge >= 0.3 is 6.09 Å². The predicted octanol–water partition coefficient (Wildman–Crippen LogP) is 3.80. The van der Waals surface area contributed by atoms with Crippen molar-refractivity contribution in [3.05, 3.63) is 74.6 Å². The monoisotopic (exact) mass is 483 g/mol. The van der Waals surface area contributed by atoms with Gasteiger partial charge in [-0.2, -0.15) is 0 Å². The first-order chi connectivity index (χ1) is 14.8. The van der Waals surface area contributed by atoms with E-state index < -0.39 is 6.09 Å². The fraction of sp³-hybridized carbons (Fsp3) is 0.261. The summed E-state index contributed by atoms with van der Waals surface area (Å²) in [5, 5.41) is 12.3. The number of aromatic nitrogens is 1. The van der Waals surface area contributed by atoms with Gasteiger partial charge in [0.05, 0.1) is 6.54 Å². The van der Waals surface area contributed by atoms with E-state index >= 15 is 0 Å². The first-order valence-corrected chi connectivity index (χ1v) is 10.8.